The van der Waals surface area contributed by atoms with Gasteiger partial charge in [-0.05, 0) is 96.1 Å². The highest BCUT2D eigenvalue weighted by molar-refractivity contribution is 6.03. The minimum atomic E-state index is -0.957. The van der Waals surface area contributed by atoms with Crippen molar-refractivity contribution in [3.8, 4) is 11.5 Å². The molecule has 0 amide bonds. The van der Waals surface area contributed by atoms with Crippen molar-refractivity contribution in [1.29, 1.82) is 0 Å². The number of hydrogen-bond acceptors (Lipinski definition) is 6. The number of pyridine rings is 1. The number of benzene rings is 3. The molecule has 3 aromatic carbocycles. The Balaban J connectivity index is 0.000000179. The molecule has 0 radical (unpaired) electrons. The molecule has 0 aliphatic carbocycles. The third-order valence-electron chi connectivity index (χ3n) is 7.91. The highest BCUT2D eigenvalue weighted by Crippen LogP contribution is 2.42. The molecule has 3 N–H and O–H groups in total. The normalized spacial score (nSPS) is 22.9. The zero-order chi connectivity index (χ0) is 26.8. The molecule has 1 aromatic heterocycles. The van der Waals surface area contributed by atoms with Crippen molar-refractivity contribution in [3.63, 3.8) is 0 Å². The number of rotatable bonds is 5. The Hall–Kier alpha value is -3.94. The molecule has 4 heterocycles. The van der Waals surface area contributed by atoms with Gasteiger partial charge in [0.15, 0.2) is 0 Å². The summed E-state index contributed by atoms with van der Waals surface area (Å²) in [7, 11) is 1.66. The van der Waals surface area contributed by atoms with Gasteiger partial charge in [-0.3, -0.25) is 9.88 Å². The second kappa shape index (κ2) is 10.8. The van der Waals surface area contributed by atoms with Crippen molar-refractivity contribution in [1.82, 2.24) is 9.88 Å². The lowest BCUT2D eigenvalue weighted by Gasteiger charge is -2.50. The smallest absolute Gasteiger partial charge is 0.336 e. The number of aromatic nitrogens is 1. The van der Waals surface area contributed by atoms with E-state index in [0.29, 0.717) is 17.2 Å². The third-order valence-corrected chi connectivity index (χ3v) is 7.91. The van der Waals surface area contributed by atoms with E-state index in [4.69, 9.17) is 9.84 Å². The van der Waals surface area contributed by atoms with Crippen LogP contribution < -0.4 is 4.74 Å². The van der Waals surface area contributed by atoms with Crippen LogP contribution in [-0.2, 0) is 0 Å². The van der Waals surface area contributed by atoms with Crippen LogP contribution in [0.4, 0.5) is 0 Å². The Kier molecular flexibility index (Phi) is 7.31. The summed E-state index contributed by atoms with van der Waals surface area (Å²) in [4.78, 5) is 17.7. The van der Waals surface area contributed by atoms with Crippen LogP contribution in [0.2, 0.25) is 0 Å². The van der Waals surface area contributed by atoms with E-state index in [9.17, 15) is 15.0 Å². The van der Waals surface area contributed by atoms with Gasteiger partial charge in [-0.15, -0.1) is 6.58 Å². The van der Waals surface area contributed by atoms with E-state index in [2.05, 4.69) is 22.5 Å². The highest BCUT2D eigenvalue weighted by Gasteiger charge is 2.42. The van der Waals surface area contributed by atoms with Gasteiger partial charge >= 0.3 is 5.97 Å². The maximum Gasteiger partial charge on any atom is 0.336 e. The van der Waals surface area contributed by atoms with Gasteiger partial charge in [0.2, 0.25) is 0 Å². The van der Waals surface area contributed by atoms with Crippen molar-refractivity contribution in [3.05, 3.63) is 90.6 Å². The van der Waals surface area contributed by atoms with E-state index in [-0.39, 0.29) is 17.4 Å². The van der Waals surface area contributed by atoms with Gasteiger partial charge < -0.3 is 20.1 Å². The summed E-state index contributed by atoms with van der Waals surface area (Å²) < 4.78 is 5.35. The Morgan fingerprint density at radius 2 is 2.00 bits per heavy atom. The summed E-state index contributed by atoms with van der Waals surface area (Å²) >= 11 is 0. The second-order valence-electron chi connectivity index (χ2n) is 9.99. The quantitative estimate of drug-likeness (QED) is 0.307. The highest BCUT2D eigenvalue weighted by atomic mass is 16.5. The van der Waals surface area contributed by atoms with Gasteiger partial charge in [-0.2, -0.15) is 0 Å². The average Bonchev–Trinajstić information content (AvgIpc) is 2.96. The van der Waals surface area contributed by atoms with Gasteiger partial charge in [-0.25, -0.2) is 4.79 Å². The minimum Gasteiger partial charge on any atom is -0.508 e. The fourth-order valence-electron chi connectivity index (χ4n) is 5.90. The molecular weight excluding hydrogens is 480 g/mol. The number of aromatic hydroxyl groups is 1. The zero-order valence-electron chi connectivity index (χ0n) is 21.3. The van der Waals surface area contributed by atoms with Crippen LogP contribution >= 0.6 is 0 Å². The van der Waals surface area contributed by atoms with Crippen LogP contribution in [0.5, 0.6) is 11.5 Å². The number of carboxylic acid groups (broad SMARTS) is 1. The molecule has 3 saturated heterocycles. The van der Waals surface area contributed by atoms with Crippen LogP contribution in [0.25, 0.3) is 21.7 Å². The van der Waals surface area contributed by atoms with E-state index in [0.717, 1.165) is 47.1 Å². The molecule has 3 aliphatic heterocycles. The Morgan fingerprint density at radius 3 is 2.71 bits per heavy atom. The number of hydrogen-bond donors (Lipinski definition) is 3. The number of fused-ring (bicyclic) bond motifs is 5. The molecule has 7 nitrogen and oxygen atoms in total. The first-order valence-corrected chi connectivity index (χ1v) is 12.8. The maximum absolute atomic E-state index is 11.2. The number of carbonyl (C=O) groups is 1. The predicted molar refractivity (Wildman–Crippen MR) is 148 cm³/mol. The summed E-state index contributed by atoms with van der Waals surface area (Å²) in [5.41, 5.74) is 2.10. The Morgan fingerprint density at radius 1 is 1.16 bits per heavy atom. The number of aliphatic hydroxyl groups is 1. The third kappa shape index (κ3) is 4.95. The van der Waals surface area contributed by atoms with E-state index in [1.54, 1.807) is 43.6 Å². The van der Waals surface area contributed by atoms with Gasteiger partial charge in [0.05, 0.1) is 24.3 Å². The Bertz CT molecular complexity index is 1490. The molecule has 3 aliphatic rings. The van der Waals surface area contributed by atoms with Gasteiger partial charge in [0.25, 0.3) is 0 Å². The average molecular weight is 513 g/mol. The van der Waals surface area contributed by atoms with Crippen molar-refractivity contribution in [2.24, 2.45) is 11.8 Å². The monoisotopic (exact) mass is 512 g/mol. The van der Waals surface area contributed by atoms with Crippen molar-refractivity contribution < 1.29 is 24.9 Å². The van der Waals surface area contributed by atoms with Crippen LogP contribution in [0.3, 0.4) is 0 Å². The fraction of sp³-hybridized carbons (Fsp3) is 0.290. The molecular formula is C31H32N2O5. The van der Waals surface area contributed by atoms with Crippen molar-refractivity contribution in [2.75, 3.05) is 20.2 Å². The standard InChI is InChI=1S/C20H24N2O2.C11H8O3/c1-3-13-12-22-9-7-14(13)10-19(22)20(23)16-6-8-21-18-5-4-15(24-2)11-17(16)18;12-8-4-5-9-7(6-8)2-1-3-10(9)11(13)14/h3-6,8,11,13-14,19-20,23H,1,7,9-10,12H2,2H3;1-6,12H,(H,13,14)/t13-,14-,19-,20+;/m0./s1. The lowest BCUT2D eigenvalue weighted by atomic mass is 9.73. The molecule has 3 fully saturated rings. The molecule has 7 rings (SSSR count). The number of methoxy groups -OCH3 is 1. The van der Waals surface area contributed by atoms with E-state index >= 15 is 0 Å². The van der Waals surface area contributed by atoms with Gasteiger partial charge in [0, 0.05) is 24.2 Å². The molecule has 0 spiro atoms. The summed E-state index contributed by atoms with van der Waals surface area (Å²) in [6.07, 6.45) is 5.62. The van der Waals surface area contributed by atoms with Crippen molar-refractivity contribution >= 4 is 27.6 Å². The number of carboxylic acids is 1. The maximum atomic E-state index is 11.2. The first kappa shape index (κ1) is 25.7. The summed E-state index contributed by atoms with van der Waals surface area (Å²) in [5.74, 6) is 1.19. The second-order valence-corrected chi connectivity index (χ2v) is 9.99. The largest absolute Gasteiger partial charge is 0.508 e. The summed E-state index contributed by atoms with van der Waals surface area (Å²) in [6.45, 7) is 6.07. The number of ether oxygens (including phenoxy) is 1. The van der Waals surface area contributed by atoms with E-state index in [1.807, 2.05) is 24.3 Å². The summed E-state index contributed by atoms with van der Waals surface area (Å²) in [5, 5.41) is 31.6. The lowest BCUT2D eigenvalue weighted by Crippen LogP contribution is -2.54. The first-order valence-electron chi connectivity index (χ1n) is 12.8. The van der Waals surface area contributed by atoms with Crippen LogP contribution in [-0.4, -0.2) is 57.4 Å². The van der Waals surface area contributed by atoms with E-state index < -0.39 is 12.1 Å². The fourth-order valence-corrected chi connectivity index (χ4v) is 5.90. The summed E-state index contributed by atoms with van der Waals surface area (Å²) in [6, 6.07) is 17.6. The van der Waals surface area contributed by atoms with Crippen LogP contribution in [0, 0.1) is 11.8 Å². The first-order chi connectivity index (χ1) is 18.4. The predicted octanol–water partition coefficient (Wildman–Crippen LogP) is 5.42. The number of nitrogens with zero attached hydrogens (tertiary/aromatic N) is 2. The van der Waals surface area contributed by atoms with Gasteiger partial charge in [-0.1, -0.05) is 18.2 Å². The molecule has 1 unspecified atom stereocenters. The molecule has 0 saturated carbocycles. The number of piperidine rings is 3. The Labute approximate surface area is 221 Å². The molecule has 4 aromatic rings. The van der Waals surface area contributed by atoms with E-state index in [1.165, 1.54) is 12.5 Å². The molecule has 5 atom stereocenters. The van der Waals surface area contributed by atoms with Gasteiger partial charge in [0.1, 0.15) is 11.5 Å². The van der Waals surface area contributed by atoms with Crippen LogP contribution in [0.15, 0.2) is 79.5 Å². The molecule has 38 heavy (non-hydrogen) atoms. The lowest BCUT2D eigenvalue weighted by molar-refractivity contribution is -0.0444. The SMILES string of the molecule is C=C[C@H]1CN2CC[C@H]1C[C@H]2[C@H](O)c1ccnc2ccc(OC)cc12.O=C(O)c1cccc2cc(O)ccc12. The number of phenolic OH excluding ortho intramolecular Hbond substituents is 1. The minimum absolute atomic E-state index is 0.139. The van der Waals surface area contributed by atoms with Crippen molar-refractivity contribution in [2.45, 2.75) is 25.0 Å². The topological polar surface area (TPSA) is 103 Å². The number of aromatic carboxylic acids is 1. The molecule has 196 valence electrons. The molecule has 7 heteroatoms. The molecule has 2 bridgehead atoms. The number of phenols is 1. The zero-order valence-corrected chi connectivity index (χ0v) is 21.3. The number of aliphatic hydroxyl groups excluding tert-OH is 1. The van der Waals surface area contributed by atoms with Crippen LogP contribution in [0.1, 0.15) is 34.9 Å².